The van der Waals surface area contributed by atoms with Crippen molar-refractivity contribution in [3.63, 3.8) is 0 Å². The van der Waals surface area contributed by atoms with E-state index >= 15 is 0 Å². The molecular weight excluding hydrogens is 505 g/mol. The molecule has 0 fully saturated rings. The number of methoxy groups -OCH3 is 1. The Bertz CT molecular complexity index is 1030. The summed E-state index contributed by atoms with van der Waals surface area (Å²) in [7, 11) is 1.60. The van der Waals surface area contributed by atoms with E-state index < -0.39 is 5.97 Å². The van der Waals surface area contributed by atoms with Gasteiger partial charge in [-0.25, -0.2) is 4.79 Å². The van der Waals surface area contributed by atoms with Crippen LogP contribution < -0.4 is 14.8 Å². The molecule has 8 heteroatoms. The third-order valence-corrected chi connectivity index (χ3v) is 5.44. The van der Waals surface area contributed by atoms with Crippen LogP contribution in [0.3, 0.4) is 0 Å². The summed E-state index contributed by atoms with van der Waals surface area (Å²) in [6, 6.07) is 18.3. The molecular formula is C23H22BrCl2NO4. The lowest BCUT2D eigenvalue weighted by atomic mass is 10.1. The van der Waals surface area contributed by atoms with E-state index in [-0.39, 0.29) is 18.0 Å². The second-order valence-electron chi connectivity index (χ2n) is 6.59. The van der Waals surface area contributed by atoms with Gasteiger partial charge in [-0.05, 0) is 57.4 Å². The fraction of sp³-hybridized carbons (Fsp3) is 0.174. The fourth-order valence-electron chi connectivity index (χ4n) is 2.90. The SMILES string of the molecule is COc1cc(CNCc2ccc(C(=O)O)cc2)cc(Br)c1OCc1ccccc1Cl.Cl. The number of ether oxygens (including phenoxy) is 2. The first-order valence-electron chi connectivity index (χ1n) is 9.23. The predicted molar refractivity (Wildman–Crippen MR) is 128 cm³/mol. The minimum Gasteiger partial charge on any atom is -0.493 e. The fourth-order valence-corrected chi connectivity index (χ4v) is 3.69. The zero-order valence-corrected chi connectivity index (χ0v) is 19.9. The molecule has 31 heavy (non-hydrogen) atoms. The first-order valence-corrected chi connectivity index (χ1v) is 10.4. The second-order valence-corrected chi connectivity index (χ2v) is 7.86. The van der Waals surface area contributed by atoms with Crippen LogP contribution in [0.2, 0.25) is 5.02 Å². The van der Waals surface area contributed by atoms with Crippen LogP contribution >= 0.6 is 39.9 Å². The average molecular weight is 527 g/mol. The number of rotatable bonds is 9. The van der Waals surface area contributed by atoms with Crippen molar-refractivity contribution in [2.45, 2.75) is 19.7 Å². The maximum absolute atomic E-state index is 10.9. The number of carboxylic acids is 1. The molecule has 0 amide bonds. The van der Waals surface area contributed by atoms with Crippen LogP contribution in [0.5, 0.6) is 11.5 Å². The molecule has 3 rings (SSSR count). The molecule has 3 aromatic carbocycles. The summed E-state index contributed by atoms with van der Waals surface area (Å²) in [5.74, 6) is 0.313. The number of aromatic carboxylic acids is 1. The molecule has 0 spiro atoms. The van der Waals surface area contributed by atoms with Gasteiger partial charge in [0.05, 0.1) is 17.1 Å². The Morgan fingerprint density at radius 2 is 1.74 bits per heavy atom. The Morgan fingerprint density at radius 1 is 1.06 bits per heavy atom. The van der Waals surface area contributed by atoms with Gasteiger partial charge in [-0.2, -0.15) is 0 Å². The van der Waals surface area contributed by atoms with Gasteiger partial charge in [0.15, 0.2) is 11.5 Å². The molecule has 0 unspecified atom stereocenters. The Labute approximate surface area is 200 Å². The van der Waals surface area contributed by atoms with Gasteiger partial charge in [0.25, 0.3) is 0 Å². The zero-order chi connectivity index (χ0) is 21.5. The van der Waals surface area contributed by atoms with Gasteiger partial charge < -0.3 is 19.9 Å². The second kappa shape index (κ2) is 12.0. The van der Waals surface area contributed by atoms with Crippen molar-refractivity contribution in [3.8, 4) is 11.5 Å². The largest absolute Gasteiger partial charge is 0.493 e. The first-order chi connectivity index (χ1) is 14.5. The molecule has 2 N–H and O–H groups in total. The molecule has 3 aromatic rings. The lowest BCUT2D eigenvalue weighted by molar-refractivity contribution is 0.0697. The van der Waals surface area contributed by atoms with Gasteiger partial charge in [-0.15, -0.1) is 12.4 Å². The van der Waals surface area contributed by atoms with E-state index in [9.17, 15) is 4.79 Å². The number of hydrogen-bond acceptors (Lipinski definition) is 4. The Balaban J connectivity index is 0.00000341. The molecule has 0 aliphatic carbocycles. The number of benzene rings is 3. The molecule has 0 aromatic heterocycles. The summed E-state index contributed by atoms with van der Waals surface area (Å²) in [6.45, 7) is 1.56. The molecule has 0 bridgehead atoms. The van der Waals surface area contributed by atoms with Crippen molar-refractivity contribution in [3.05, 3.63) is 92.4 Å². The minimum atomic E-state index is -0.928. The normalized spacial score (nSPS) is 10.3. The van der Waals surface area contributed by atoms with Crippen LogP contribution in [0.1, 0.15) is 27.0 Å². The van der Waals surface area contributed by atoms with Gasteiger partial charge in [0.2, 0.25) is 0 Å². The minimum absolute atomic E-state index is 0. The molecule has 0 saturated carbocycles. The maximum atomic E-state index is 10.9. The summed E-state index contributed by atoms with van der Waals surface area (Å²) in [5.41, 5.74) is 3.20. The van der Waals surface area contributed by atoms with E-state index in [0.29, 0.717) is 36.2 Å². The average Bonchev–Trinajstić information content (AvgIpc) is 2.74. The molecule has 164 valence electrons. The van der Waals surface area contributed by atoms with E-state index in [1.807, 2.05) is 36.4 Å². The Morgan fingerprint density at radius 3 is 2.39 bits per heavy atom. The number of nitrogens with one attached hydrogen (secondary N) is 1. The first kappa shape index (κ1) is 25.0. The number of carbonyl (C=O) groups is 1. The highest BCUT2D eigenvalue weighted by Crippen LogP contribution is 2.37. The highest BCUT2D eigenvalue weighted by atomic mass is 79.9. The molecule has 0 heterocycles. The molecule has 5 nitrogen and oxygen atoms in total. The van der Waals surface area contributed by atoms with Crippen molar-refractivity contribution in [1.29, 1.82) is 0 Å². The van der Waals surface area contributed by atoms with Crippen molar-refractivity contribution in [2.24, 2.45) is 0 Å². The van der Waals surface area contributed by atoms with E-state index in [4.69, 9.17) is 26.2 Å². The van der Waals surface area contributed by atoms with Crippen LogP contribution in [0.4, 0.5) is 0 Å². The van der Waals surface area contributed by atoms with Crippen LogP contribution in [0, 0.1) is 0 Å². The monoisotopic (exact) mass is 525 g/mol. The van der Waals surface area contributed by atoms with Gasteiger partial charge in [-0.1, -0.05) is 41.9 Å². The Hall–Kier alpha value is -2.25. The van der Waals surface area contributed by atoms with Gasteiger partial charge in [0.1, 0.15) is 6.61 Å². The maximum Gasteiger partial charge on any atom is 0.335 e. The number of halogens is 3. The number of carboxylic acid groups (broad SMARTS) is 1. The summed E-state index contributed by atoms with van der Waals surface area (Å²) < 4.78 is 12.3. The van der Waals surface area contributed by atoms with Crippen LogP contribution in [0.15, 0.2) is 65.1 Å². The van der Waals surface area contributed by atoms with E-state index in [1.54, 1.807) is 31.4 Å². The summed E-state index contributed by atoms with van der Waals surface area (Å²) in [6.07, 6.45) is 0. The predicted octanol–water partition coefficient (Wildman–Crippen LogP) is 6.10. The lowest BCUT2D eigenvalue weighted by Gasteiger charge is -2.15. The van der Waals surface area contributed by atoms with Gasteiger partial charge in [-0.3, -0.25) is 0 Å². The highest BCUT2D eigenvalue weighted by Gasteiger charge is 2.13. The molecule has 0 atom stereocenters. The smallest absolute Gasteiger partial charge is 0.335 e. The van der Waals surface area contributed by atoms with Crippen molar-refractivity contribution in [2.75, 3.05) is 7.11 Å². The van der Waals surface area contributed by atoms with Crippen LogP contribution in [0.25, 0.3) is 0 Å². The summed E-state index contributed by atoms with van der Waals surface area (Å²) in [4.78, 5) is 10.9. The standard InChI is InChI=1S/C23H21BrClNO4.ClH/c1-29-21-11-16(13-26-12-15-6-8-17(9-7-15)23(27)28)10-19(24)22(21)30-14-18-4-2-3-5-20(18)25;/h2-11,26H,12-14H2,1H3,(H,27,28);1H. The van der Waals surface area contributed by atoms with Crippen molar-refractivity contribution >= 4 is 45.9 Å². The molecule has 0 radical (unpaired) electrons. The molecule has 0 aliphatic rings. The van der Waals surface area contributed by atoms with E-state index in [1.165, 1.54) is 0 Å². The van der Waals surface area contributed by atoms with Crippen molar-refractivity contribution < 1.29 is 19.4 Å². The molecule has 0 aliphatic heterocycles. The van der Waals surface area contributed by atoms with Crippen LogP contribution in [-0.4, -0.2) is 18.2 Å². The quantitative estimate of drug-likeness (QED) is 0.352. The topological polar surface area (TPSA) is 67.8 Å². The van der Waals surface area contributed by atoms with E-state index in [0.717, 1.165) is 21.2 Å². The van der Waals surface area contributed by atoms with Gasteiger partial charge in [0, 0.05) is 23.7 Å². The van der Waals surface area contributed by atoms with Crippen molar-refractivity contribution in [1.82, 2.24) is 5.32 Å². The van der Waals surface area contributed by atoms with Crippen LogP contribution in [-0.2, 0) is 19.7 Å². The third-order valence-electron chi connectivity index (χ3n) is 4.48. The summed E-state index contributed by atoms with van der Waals surface area (Å²) in [5, 5.41) is 13.0. The lowest BCUT2D eigenvalue weighted by Crippen LogP contribution is -2.13. The molecule has 0 saturated heterocycles. The zero-order valence-electron chi connectivity index (χ0n) is 16.7. The highest BCUT2D eigenvalue weighted by molar-refractivity contribution is 9.10. The van der Waals surface area contributed by atoms with E-state index in [2.05, 4.69) is 21.2 Å². The number of hydrogen-bond donors (Lipinski definition) is 2. The third kappa shape index (κ3) is 6.87. The summed E-state index contributed by atoms with van der Waals surface area (Å²) >= 11 is 9.77. The Kier molecular flexibility index (Phi) is 9.65. The van der Waals surface area contributed by atoms with Gasteiger partial charge >= 0.3 is 5.97 Å².